The van der Waals surface area contributed by atoms with Crippen molar-refractivity contribution in [2.45, 2.75) is 26.2 Å². The molecule has 5 heteroatoms. The van der Waals surface area contributed by atoms with E-state index in [1.54, 1.807) is 23.7 Å². The summed E-state index contributed by atoms with van der Waals surface area (Å²) < 4.78 is 0. The Kier molecular flexibility index (Phi) is 3.79. The molecule has 0 fully saturated rings. The van der Waals surface area contributed by atoms with Gasteiger partial charge in [0.25, 0.3) is 0 Å². The number of nitrogens with zero attached hydrogens (tertiary/aromatic N) is 3. The summed E-state index contributed by atoms with van der Waals surface area (Å²) in [4.78, 5) is 13.8. The normalized spacial score (nSPS) is 13.1. The largest absolute Gasteiger partial charge is 0.330 e. The van der Waals surface area contributed by atoms with Crippen LogP contribution >= 0.6 is 11.3 Å². The zero-order chi connectivity index (χ0) is 11.4. The third-order valence-electron chi connectivity index (χ3n) is 2.60. The minimum absolute atomic E-state index is 0.665. The van der Waals surface area contributed by atoms with Gasteiger partial charge in [-0.05, 0) is 31.7 Å². The summed E-state index contributed by atoms with van der Waals surface area (Å²) in [6, 6.07) is 0. The Balaban J connectivity index is 1.99. The summed E-state index contributed by atoms with van der Waals surface area (Å²) >= 11 is 1.64. The van der Waals surface area contributed by atoms with Gasteiger partial charge in [0.05, 0.1) is 5.01 Å². The van der Waals surface area contributed by atoms with Gasteiger partial charge in [0.15, 0.2) is 10.5 Å². The molecule has 1 atom stereocenters. The maximum absolute atomic E-state index is 5.53. The van der Waals surface area contributed by atoms with E-state index in [9.17, 15) is 0 Å². The number of hydrogen-bond acceptors (Lipinski definition) is 5. The van der Waals surface area contributed by atoms with Gasteiger partial charge in [0.2, 0.25) is 0 Å². The topological polar surface area (TPSA) is 64.7 Å². The molecule has 16 heavy (non-hydrogen) atoms. The zero-order valence-electron chi connectivity index (χ0n) is 9.39. The number of nitrogens with two attached hydrogens (primary N) is 1. The van der Waals surface area contributed by atoms with E-state index in [1.807, 2.05) is 0 Å². The van der Waals surface area contributed by atoms with Crippen LogP contribution in [-0.4, -0.2) is 21.5 Å². The fourth-order valence-electron chi connectivity index (χ4n) is 1.62. The smallest absolute Gasteiger partial charge is 0.189 e. The predicted molar refractivity (Wildman–Crippen MR) is 66.4 cm³/mol. The number of rotatable bonds is 5. The van der Waals surface area contributed by atoms with E-state index in [-0.39, 0.29) is 0 Å². The lowest BCUT2D eigenvalue weighted by molar-refractivity contribution is 0.499. The molecule has 2 N–H and O–H groups in total. The molecule has 2 aromatic rings. The molecule has 0 aromatic carbocycles. The van der Waals surface area contributed by atoms with Gasteiger partial charge < -0.3 is 5.73 Å². The number of thiazole rings is 1. The van der Waals surface area contributed by atoms with Crippen LogP contribution in [0.4, 0.5) is 0 Å². The first kappa shape index (κ1) is 11.4. The molecule has 2 heterocycles. The van der Waals surface area contributed by atoms with Gasteiger partial charge in [-0.1, -0.05) is 18.3 Å². The molecule has 0 aliphatic heterocycles. The average Bonchev–Trinajstić information content (AvgIpc) is 2.69. The van der Waals surface area contributed by atoms with Gasteiger partial charge in [-0.25, -0.2) is 15.0 Å². The van der Waals surface area contributed by atoms with Crippen LogP contribution in [0.2, 0.25) is 0 Å². The molecular formula is C11H16N4S. The molecule has 2 rings (SSSR count). The first-order chi connectivity index (χ1) is 7.79. The average molecular weight is 236 g/mol. The summed E-state index contributed by atoms with van der Waals surface area (Å²) in [5.41, 5.74) is 6.30. The standard InChI is InChI=1S/C11H16N4S/c1-8(4-5-12)2-3-9-15-10-11(16-9)14-7-6-13-10/h6-8H,2-5,12H2,1H3. The highest BCUT2D eigenvalue weighted by molar-refractivity contribution is 7.18. The van der Waals surface area contributed by atoms with Crippen LogP contribution in [0.3, 0.4) is 0 Å². The Morgan fingerprint density at radius 3 is 2.88 bits per heavy atom. The van der Waals surface area contributed by atoms with E-state index in [2.05, 4.69) is 21.9 Å². The van der Waals surface area contributed by atoms with Crippen LogP contribution in [0.1, 0.15) is 24.8 Å². The molecule has 0 amide bonds. The molecular weight excluding hydrogens is 220 g/mol. The number of aromatic nitrogens is 3. The molecule has 0 aliphatic carbocycles. The van der Waals surface area contributed by atoms with E-state index in [4.69, 9.17) is 5.73 Å². The van der Waals surface area contributed by atoms with Crippen molar-refractivity contribution in [2.75, 3.05) is 6.54 Å². The van der Waals surface area contributed by atoms with Gasteiger partial charge in [-0.2, -0.15) is 0 Å². The Bertz CT molecular complexity index is 421. The zero-order valence-corrected chi connectivity index (χ0v) is 10.2. The summed E-state index contributed by atoms with van der Waals surface area (Å²) in [6.07, 6.45) is 6.62. The van der Waals surface area contributed by atoms with Gasteiger partial charge in [0, 0.05) is 12.4 Å². The maximum atomic E-state index is 5.53. The summed E-state index contributed by atoms with van der Waals surface area (Å²) in [5, 5.41) is 1.13. The molecule has 4 nitrogen and oxygen atoms in total. The number of aryl methyl sites for hydroxylation is 1. The van der Waals surface area contributed by atoms with Crippen molar-refractivity contribution >= 4 is 21.8 Å². The number of fused-ring (bicyclic) bond motifs is 1. The van der Waals surface area contributed by atoms with Gasteiger partial charge in [-0.15, -0.1) is 0 Å². The van der Waals surface area contributed by atoms with Crippen molar-refractivity contribution in [1.82, 2.24) is 15.0 Å². The molecule has 86 valence electrons. The quantitative estimate of drug-likeness (QED) is 0.862. The van der Waals surface area contributed by atoms with Crippen molar-refractivity contribution in [3.05, 3.63) is 17.4 Å². The second-order valence-corrected chi connectivity index (χ2v) is 5.08. The second-order valence-electron chi connectivity index (χ2n) is 4.01. The molecule has 0 aliphatic rings. The van der Waals surface area contributed by atoms with Gasteiger partial charge in [0.1, 0.15) is 0 Å². The molecule has 0 saturated heterocycles. The van der Waals surface area contributed by atoms with E-state index in [1.165, 1.54) is 0 Å². The molecule has 1 unspecified atom stereocenters. The Morgan fingerprint density at radius 1 is 1.31 bits per heavy atom. The van der Waals surface area contributed by atoms with E-state index in [0.29, 0.717) is 5.92 Å². The third kappa shape index (κ3) is 2.74. The third-order valence-corrected chi connectivity index (χ3v) is 3.61. The van der Waals surface area contributed by atoms with E-state index < -0.39 is 0 Å². The monoisotopic (exact) mass is 236 g/mol. The maximum Gasteiger partial charge on any atom is 0.189 e. The summed E-state index contributed by atoms with van der Waals surface area (Å²) in [6.45, 7) is 3.00. The molecule has 0 bridgehead atoms. The Morgan fingerprint density at radius 2 is 2.12 bits per heavy atom. The predicted octanol–water partition coefficient (Wildman–Crippen LogP) is 2.00. The highest BCUT2D eigenvalue weighted by Crippen LogP contribution is 2.20. The van der Waals surface area contributed by atoms with Crippen LogP contribution in [0.5, 0.6) is 0 Å². The SMILES string of the molecule is CC(CCN)CCc1nc2nccnc2s1. The van der Waals surface area contributed by atoms with Crippen molar-refractivity contribution in [3.8, 4) is 0 Å². The lowest BCUT2D eigenvalue weighted by Gasteiger charge is -2.07. The fourth-order valence-corrected chi connectivity index (χ4v) is 2.50. The Labute approximate surface area is 98.9 Å². The van der Waals surface area contributed by atoms with Crippen LogP contribution in [0.15, 0.2) is 12.4 Å². The van der Waals surface area contributed by atoms with Crippen LogP contribution < -0.4 is 5.73 Å². The second kappa shape index (κ2) is 5.32. The summed E-state index contributed by atoms with van der Waals surface area (Å²) in [7, 11) is 0. The molecule has 0 radical (unpaired) electrons. The highest BCUT2D eigenvalue weighted by Gasteiger charge is 2.07. The Hall–Kier alpha value is -1.07. The van der Waals surface area contributed by atoms with Gasteiger partial charge >= 0.3 is 0 Å². The van der Waals surface area contributed by atoms with Crippen LogP contribution in [0.25, 0.3) is 10.5 Å². The summed E-state index contributed by atoms with van der Waals surface area (Å²) in [5.74, 6) is 0.665. The molecule has 2 aromatic heterocycles. The van der Waals surface area contributed by atoms with Gasteiger partial charge in [-0.3, -0.25) is 0 Å². The van der Waals surface area contributed by atoms with Crippen LogP contribution in [0, 0.1) is 5.92 Å². The van der Waals surface area contributed by atoms with Crippen molar-refractivity contribution < 1.29 is 0 Å². The van der Waals surface area contributed by atoms with Crippen molar-refractivity contribution in [1.29, 1.82) is 0 Å². The first-order valence-corrected chi connectivity index (χ1v) is 6.37. The first-order valence-electron chi connectivity index (χ1n) is 5.56. The lowest BCUT2D eigenvalue weighted by atomic mass is 10.0. The highest BCUT2D eigenvalue weighted by atomic mass is 32.1. The minimum atomic E-state index is 0.665. The van der Waals surface area contributed by atoms with Crippen molar-refractivity contribution in [3.63, 3.8) is 0 Å². The van der Waals surface area contributed by atoms with E-state index in [0.717, 1.165) is 41.3 Å². The lowest BCUT2D eigenvalue weighted by Crippen LogP contribution is -2.06. The van der Waals surface area contributed by atoms with Crippen LogP contribution in [-0.2, 0) is 6.42 Å². The van der Waals surface area contributed by atoms with E-state index >= 15 is 0 Å². The minimum Gasteiger partial charge on any atom is -0.330 e. The molecule has 0 spiro atoms. The van der Waals surface area contributed by atoms with Crippen molar-refractivity contribution in [2.24, 2.45) is 11.7 Å². The molecule has 0 saturated carbocycles. The number of hydrogen-bond donors (Lipinski definition) is 1. The fraction of sp³-hybridized carbons (Fsp3) is 0.545.